The molecule has 3 aromatic rings. The fraction of sp³-hybridized carbons (Fsp3) is 0.211. The number of para-hydroxylation sites is 1. The lowest BCUT2D eigenvalue weighted by molar-refractivity contribution is 0.0929. The van der Waals surface area contributed by atoms with Crippen molar-refractivity contribution in [1.82, 2.24) is 20.1 Å². The molecule has 1 atom stereocenters. The molecule has 0 unspecified atom stereocenters. The number of nitrogens with one attached hydrogen (secondary N) is 1. The van der Waals surface area contributed by atoms with E-state index in [0.29, 0.717) is 5.82 Å². The highest BCUT2D eigenvalue weighted by atomic mass is 16.2. The van der Waals surface area contributed by atoms with E-state index in [1.807, 2.05) is 74.5 Å². The summed E-state index contributed by atoms with van der Waals surface area (Å²) in [6.07, 6.45) is 0.858. The Kier molecular flexibility index (Phi) is 4.70. The third kappa shape index (κ3) is 3.35. The summed E-state index contributed by atoms with van der Waals surface area (Å²) in [4.78, 5) is 16.9. The van der Waals surface area contributed by atoms with Crippen molar-refractivity contribution in [3.63, 3.8) is 0 Å². The van der Waals surface area contributed by atoms with E-state index in [9.17, 15) is 4.79 Å². The van der Waals surface area contributed by atoms with Gasteiger partial charge in [-0.1, -0.05) is 55.5 Å². The zero-order chi connectivity index (χ0) is 16.9. The van der Waals surface area contributed by atoms with Crippen LogP contribution in [0.3, 0.4) is 0 Å². The maximum Gasteiger partial charge on any atom is 0.291 e. The van der Waals surface area contributed by atoms with Crippen molar-refractivity contribution in [2.75, 3.05) is 0 Å². The van der Waals surface area contributed by atoms with Crippen molar-refractivity contribution in [2.45, 2.75) is 26.3 Å². The number of aromatic nitrogens is 3. The summed E-state index contributed by atoms with van der Waals surface area (Å²) >= 11 is 0. The summed E-state index contributed by atoms with van der Waals surface area (Å²) in [6.45, 7) is 3.99. The van der Waals surface area contributed by atoms with Gasteiger partial charge in [-0.2, -0.15) is 0 Å². The van der Waals surface area contributed by atoms with E-state index >= 15 is 0 Å². The zero-order valence-electron chi connectivity index (χ0n) is 13.8. The van der Waals surface area contributed by atoms with E-state index in [1.165, 1.54) is 0 Å². The van der Waals surface area contributed by atoms with E-state index in [2.05, 4.69) is 15.4 Å². The Morgan fingerprint density at radius 2 is 1.71 bits per heavy atom. The molecule has 24 heavy (non-hydrogen) atoms. The Morgan fingerprint density at radius 3 is 2.33 bits per heavy atom. The molecule has 122 valence electrons. The van der Waals surface area contributed by atoms with Crippen LogP contribution >= 0.6 is 0 Å². The third-order valence-electron chi connectivity index (χ3n) is 3.83. The lowest BCUT2D eigenvalue weighted by atomic mass is 10.2. The molecule has 0 radical (unpaired) electrons. The molecule has 0 bridgehead atoms. The molecule has 0 aliphatic heterocycles. The molecule has 0 saturated carbocycles. The SMILES string of the molecule is CC[C@H](C)NC(=O)c1nc(-c2ccccc2)n(-c2ccccc2)n1. The number of benzene rings is 2. The van der Waals surface area contributed by atoms with Gasteiger partial charge in [0.15, 0.2) is 5.82 Å². The zero-order valence-corrected chi connectivity index (χ0v) is 13.8. The largest absolute Gasteiger partial charge is 0.347 e. The Bertz CT molecular complexity index is 755. The molecule has 2 aromatic carbocycles. The first kappa shape index (κ1) is 15.9. The molecule has 5 nitrogen and oxygen atoms in total. The third-order valence-corrected chi connectivity index (χ3v) is 3.83. The van der Waals surface area contributed by atoms with Gasteiger partial charge >= 0.3 is 0 Å². The minimum Gasteiger partial charge on any atom is -0.347 e. The number of rotatable bonds is 5. The number of hydrogen-bond donors (Lipinski definition) is 1. The molecule has 5 heteroatoms. The first-order valence-corrected chi connectivity index (χ1v) is 8.07. The molecule has 0 spiro atoms. The van der Waals surface area contributed by atoms with Crippen LogP contribution < -0.4 is 5.32 Å². The minimum atomic E-state index is -0.254. The second-order valence-electron chi connectivity index (χ2n) is 5.66. The molecule has 0 fully saturated rings. The van der Waals surface area contributed by atoms with Crippen molar-refractivity contribution in [3.8, 4) is 17.1 Å². The molecule has 1 amide bonds. The molecule has 1 heterocycles. The van der Waals surface area contributed by atoms with Crippen molar-refractivity contribution in [3.05, 3.63) is 66.5 Å². The molecule has 0 aliphatic rings. The van der Waals surface area contributed by atoms with Crippen LogP contribution in [0.5, 0.6) is 0 Å². The average Bonchev–Trinajstić information content (AvgIpc) is 3.08. The molecule has 1 aromatic heterocycles. The lowest BCUT2D eigenvalue weighted by Crippen LogP contribution is -2.32. The highest BCUT2D eigenvalue weighted by molar-refractivity contribution is 5.91. The molecule has 0 saturated heterocycles. The highest BCUT2D eigenvalue weighted by Gasteiger charge is 2.19. The van der Waals surface area contributed by atoms with Crippen LogP contribution in [0.25, 0.3) is 17.1 Å². The Labute approximate surface area is 141 Å². The van der Waals surface area contributed by atoms with Crippen LogP contribution in [0.1, 0.15) is 30.9 Å². The number of nitrogens with zero attached hydrogens (tertiary/aromatic N) is 3. The normalized spacial score (nSPS) is 11.9. The van der Waals surface area contributed by atoms with Crippen molar-refractivity contribution >= 4 is 5.91 Å². The van der Waals surface area contributed by atoms with Gasteiger partial charge in [0.1, 0.15) is 0 Å². The summed E-state index contributed by atoms with van der Waals surface area (Å²) in [7, 11) is 0. The molecule has 0 aliphatic carbocycles. The summed E-state index contributed by atoms with van der Waals surface area (Å²) in [5.41, 5.74) is 1.78. The van der Waals surface area contributed by atoms with E-state index < -0.39 is 0 Å². The van der Waals surface area contributed by atoms with Gasteiger partial charge in [-0.25, -0.2) is 9.67 Å². The summed E-state index contributed by atoms with van der Waals surface area (Å²) in [6, 6.07) is 19.5. The smallest absolute Gasteiger partial charge is 0.291 e. The van der Waals surface area contributed by atoms with Crippen LogP contribution in [-0.2, 0) is 0 Å². The maximum atomic E-state index is 12.4. The Balaban J connectivity index is 2.05. The van der Waals surface area contributed by atoms with Crippen LogP contribution in [0.4, 0.5) is 0 Å². The van der Waals surface area contributed by atoms with E-state index in [0.717, 1.165) is 17.7 Å². The van der Waals surface area contributed by atoms with Crippen molar-refractivity contribution in [1.29, 1.82) is 0 Å². The van der Waals surface area contributed by atoms with Gasteiger partial charge in [0.25, 0.3) is 5.91 Å². The van der Waals surface area contributed by atoms with Gasteiger partial charge in [-0.05, 0) is 25.5 Å². The number of amides is 1. The molecular formula is C19H20N4O. The number of carbonyl (C=O) groups is 1. The summed E-state index contributed by atoms with van der Waals surface area (Å²) in [5, 5.41) is 7.35. The fourth-order valence-electron chi connectivity index (χ4n) is 2.32. The van der Waals surface area contributed by atoms with E-state index in [4.69, 9.17) is 0 Å². The fourth-order valence-corrected chi connectivity index (χ4v) is 2.32. The van der Waals surface area contributed by atoms with Gasteiger partial charge in [0.05, 0.1) is 5.69 Å². The van der Waals surface area contributed by atoms with Gasteiger partial charge in [0.2, 0.25) is 5.82 Å². The standard InChI is InChI=1S/C19H20N4O/c1-3-14(2)20-19(24)17-21-18(15-10-6-4-7-11-15)23(22-17)16-12-8-5-9-13-16/h4-14H,3H2,1-2H3,(H,20,24)/t14-/m0/s1. The highest BCUT2D eigenvalue weighted by Crippen LogP contribution is 2.20. The van der Waals surface area contributed by atoms with Crippen molar-refractivity contribution < 1.29 is 4.79 Å². The van der Waals surface area contributed by atoms with E-state index in [1.54, 1.807) is 4.68 Å². The average molecular weight is 320 g/mol. The van der Waals surface area contributed by atoms with Crippen LogP contribution in [0.15, 0.2) is 60.7 Å². The second-order valence-corrected chi connectivity index (χ2v) is 5.66. The molecular weight excluding hydrogens is 300 g/mol. The van der Waals surface area contributed by atoms with Crippen LogP contribution in [-0.4, -0.2) is 26.7 Å². The molecule has 1 N–H and O–H groups in total. The summed E-state index contributed by atoms with van der Waals surface area (Å²) < 4.78 is 1.71. The van der Waals surface area contributed by atoms with Crippen LogP contribution in [0.2, 0.25) is 0 Å². The number of hydrogen-bond acceptors (Lipinski definition) is 3. The minimum absolute atomic E-state index is 0.0846. The first-order valence-electron chi connectivity index (χ1n) is 8.07. The maximum absolute atomic E-state index is 12.4. The summed E-state index contributed by atoms with van der Waals surface area (Å²) in [5.74, 6) is 0.574. The second kappa shape index (κ2) is 7.08. The van der Waals surface area contributed by atoms with E-state index in [-0.39, 0.29) is 17.8 Å². The molecule has 3 rings (SSSR count). The van der Waals surface area contributed by atoms with Crippen molar-refractivity contribution in [2.24, 2.45) is 0 Å². The monoisotopic (exact) mass is 320 g/mol. The quantitative estimate of drug-likeness (QED) is 0.783. The lowest BCUT2D eigenvalue weighted by Gasteiger charge is -2.08. The van der Waals surface area contributed by atoms with Gasteiger partial charge in [-0.3, -0.25) is 4.79 Å². The first-order chi connectivity index (χ1) is 11.7. The van der Waals surface area contributed by atoms with Gasteiger partial charge < -0.3 is 5.32 Å². The Morgan fingerprint density at radius 1 is 1.08 bits per heavy atom. The Hall–Kier alpha value is -2.95. The predicted octanol–water partition coefficient (Wildman–Crippen LogP) is 3.46. The predicted molar refractivity (Wildman–Crippen MR) is 94.0 cm³/mol. The topological polar surface area (TPSA) is 59.8 Å². The number of carbonyl (C=O) groups excluding carboxylic acids is 1. The van der Waals surface area contributed by atoms with Gasteiger partial charge in [-0.15, -0.1) is 5.10 Å². The van der Waals surface area contributed by atoms with Crippen LogP contribution in [0, 0.1) is 0 Å². The van der Waals surface area contributed by atoms with Gasteiger partial charge in [0, 0.05) is 11.6 Å².